The van der Waals surface area contributed by atoms with E-state index in [0.29, 0.717) is 15.8 Å². The average Bonchev–Trinajstić information content (AvgIpc) is 4.12. The van der Waals surface area contributed by atoms with Crippen LogP contribution in [-0.4, -0.2) is 118 Å². The zero-order valence-corrected chi connectivity index (χ0v) is 44.3. The monoisotopic (exact) mass is 1030 g/mol. The molecule has 2 aliphatic heterocycles. The molecule has 362 valence electrons. The fourth-order valence-electron chi connectivity index (χ4n) is 5.09. The number of hydroxylamine groups is 4. The van der Waals surface area contributed by atoms with Gasteiger partial charge in [0.25, 0.3) is 23.6 Å². The smallest absolute Gasteiger partial charge is 0.747 e. The van der Waals surface area contributed by atoms with Gasteiger partial charge < -0.3 is 23.4 Å². The number of aromatic nitrogens is 5. The summed E-state index contributed by atoms with van der Waals surface area (Å²) in [6.07, 6.45) is 7.74. The van der Waals surface area contributed by atoms with Gasteiger partial charge in [-0.3, -0.25) is 28.9 Å². The predicted octanol–water partition coefficient (Wildman–Crippen LogP) is 3.55. The molecule has 68 heavy (non-hydrogen) atoms. The first kappa shape index (κ1) is 60.9. The van der Waals surface area contributed by atoms with Crippen LogP contribution in [0, 0.1) is 13.8 Å². The summed E-state index contributed by atoms with van der Waals surface area (Å²) in [5.74, 6) is -0.910. The molecule has 24 heteroatoms. The van der Waals surface area contributed by atoms with Crippen molar-refractivity contribution in [1.29, 1.82) is 0 Å². The molecule has 6 aromatic rings. The minimum Gasteiger partial charge on any atom is -0.747 e. The summed E-state index contributed by atoms with van der Waals surface area (Å²) in [6, 6.07) is 29.0. The molecule has 5 heterocycles. The Bertz CT molecular complexity index is 2560. The van der Waals surface area contributed by atoms with Crippen molar-refractivity contribution in [3.8, 4) is 11.5 Å². The van der Waals surface area contributed by atoms with Crippen LogP contribution in [0.2, 0.25) is 10.0 Å². The van der Waals surface area contributed by atoms with Crippen molar-refractivity contribution in [2.75, 3.05) is 41.8 Å². The summed E-state index contributed by atoms with van der Waals surface area (Å²) < 4.78 is 43.3. The molecule has 0 N–H and O–H groups in total. The number of carbonyl (C=O) groups is 4. The number of fused-ring (bicyclic) bond motifs is 1. The number of ether oxygens (including phenoxy) is 2. The van der Waals surface area contributed by atoms with Crippen LogP contribution < -0.4 is 43.9 Å². The van der Waals surface area contributed by atoms with E-state index in [1.54, 1.807) is 51.4 Å². The van der Waals surface area contributed by atoms with Gasteiger partial charge in [-0.1, -0.05) is 63.9 Å². The Morgan fingerprint density at radius 1 is 0.735 bits per heavy atom. The molecule has 0 radical (unpaired) electrons. The summed E-state index contributed by atoms with van der Waals surface area (Å²) >= 11 is 13.3. The van der Waals surface area contributed by atoms with Gasteiger partial charge in [-0.2, -0.15) is 10.1 Å². The molecular weight excluding hydrogens is 977 g/mol. The van der Waals surface area contributed by atoms with Crippen LogP contribution in [0.1, 0.15) is 30.4 Å². The van der Waals surface area contributed by atoms with Gasteiger partial charge in [0.05, 0.1) is 44.9 Å². The van der Waals surface area contributed by atoms with Crippen LogP contribution in [0.4, 0.5) is 0 Å². The predicted molar refractivity (Wildman–Crippen MR) is 252 cm³/mol. The van der Waals surface area contributed by atoms with E-state index in [0.717, 1.165) is 39.5 Å². The first-order valence-electron chi connectivity index (χ1n) is 19.6. The molecule has 0 bridgehead atoms. The SMILES string of the molecule is CON1C(=O)CC(S(=O)(=O)[O-])C1=O.CON1C(=O)CCC1=O.COc1cc(Cl)c(C)cc1Cl.COc1ccc(C)cc1.COn1nnc2ccccc21.CSc1ccccn1.Cn1cccc1.[Na+]. The Kier molecular flexibility index (Phi) is 28.6. The molecule has 3 aromatic carbocycles. The summed E-state index contributed by atoms with van der Waals surface area (Å²) in [4.78, 5) is 62.2. The second-order valence-electron chi connectivity index (χ2n) is 13.3. The molecule has 0 spiro atoms. The number of aryl methyl sites for hydroxylation is 3. The molecule has 2 saturated heterocycles. The summed E-state index contributed by atoms with van der Waals surface area (Å²) in [7, 11) is 4.36. The van der Waals surface area contributed by atoms with Crippen molar-refractivity contribution in [3.63, 3.8) is 0 Å². The number of benzene rings is 3. The second kappa shape index (κ2) is 31.9. The van der Waals surface area contributed by atoms with Gasteiger partial charge in [0.1, 0.15) is 45.0 Å². The minimum atomic E-state index is -4.77. The number of amides is 4. The van der Waals surface area contributed by atoms with Crippen molar-refractivity contribution < 1.29 is 85.7 Å². The molecule has 0 aliphatic carbocycles. The number of nitrogens with zero attached hydrogens (tertiary/aromatic N) is 7. The number of imide groups is 2. The van der Waals surface area contributed by atoms with Crippen molar-refractivity contribution in [3.05, 3.63) is 131 Å². The van der Waals surface area contributed by atoms with Crippen LogP contribution in [0.15, 0.2) is 115 Å². The number of carbonyl (C=O) groups excluding carboxylic acids is 4. The van der Waals surface area contributed by atoms with Crippen molar-refractivity contribution >= 4 is 79.7 Å². The molecular formula is C44H52Cl2N7NaO12S2. The van der Waals surface area contributed by atoms with E-state index in [4.69, 9.17) is 37.5 Å². The van der Waals surface area contributed by atoms with Crippen LogP contribution in [0.3, 0.4) is 0 Å². The standard InChI is InChI=1S/C8H8Cl2O.C8H10O.C7H7N3O.C6H7NS.C5H7NO6S.C5H7NO3.C5H7N.Na/c1-5-3-7(10)8(11-2)4-6(5)9;1-7-3-5-8(9-2)6-4-7;1-11-10-7-5-3-2-4-6(7)8-9-10;1-8-6-4-2-3-5-7-6;1-12-6-4(7)2-3(5(6)8)13(9,10)11;1-9-6-4(7)2-3-5(6)8;1-6-4-2-3-5-6;/h3-4H,1-2H3;3-6H,1-2H3;2-5H,1H3;2-5H,1H3;3H,2H2,1H3,(H,9,10,11);2-3H2,1H3;2-5H,1H3;/q;;;;;;;+1/p-1. The first-order valence-corrected chi connectivity index (χ1v) is 23.0. The van der Waals surface area contributed by atoms with Crippen LogP contribution in [0.5, 0.6) is 11.5 Å². The summed E-state index contributed by atoms with van der Waals surface area (Å²) in [6.45, 7) is 3.95. The van der Waals surface area contributed by atoms with Gasteiger partial charge in [0.2, 0.25) is 0 Å². The molecule has 1 atom stereocenters. The van der Waals surface area contributed by atoms with E-state index < -0.39 is 33.6 Å². The third kappa shape index (κ3) is 20.7. The van der Waals surface area contributed by atoms with E-state index in [1.165, 1.54) is 17.5 Å². The molecule has 19 nitrogen and oxygen atoms in total. The summed E-state index contributed by atoms with van der Waals surface area (Å²) in [5, 5.41) is 9.21. The second-order valence-corrected chi connectivity index (χ2v) is 16.5. The minimum absolute atomic E-state index is 0. The van der Waals surface area contributed by atoms with Crippen LogP contribution in [-0.2, 0) is 46.0 Å². The zero-order chi connectivity index (χ0) is 50.1. The van der Waals surface area contributed by atoms with Gasteiger partial charge in [0, 0.05) is 49.6 Å². The Morgan fingerprint density at radius 2 is 1.32 bits per heavy atom. The van der Waals surface area contributed by atoms with E-state index in [9.17, 15) is 32.1 Å². The van der Waals surface area contributed by atoms with E-state index in [1.807, 2.05) is 116 Å². The average molecular weight is 1030 g/mol. The Balaban J connectivity index is 0.000000400. The number of rotatable bonds is 7. The summed E-state index contributed by atoms with van der Waals surface area (Å²) in [5.41, 5.74) is 3.94. The van der Waals surface area contributed by atoms with Crippen molar-refractivity contribution in [2.45, 2.75) is 43.4 Å². The molecule has 0 saturated carbocycles. The third-order valence-corrected chi connectivity index (χ3v) is 11.0. The number of pyridine rings is 1. The molecule has 1 unspecified atom stereocenters. The van der Waals surface area contributed by atoms with Crippen molar-refractivity contribution in [1.82, 2.24) is 34.8 Å². The molecule has 8 rings (SSSR count). The van der Waals surface area contributed by atoms with Crippen molar-refractivity contribution in [2.24, 2.45) is 7.05 Å². The van der Waals surface area contributed by atoms with Crippen LogP contribution in [0.25, 0.3) is 11.0 Å². The number of hydrogen-bond donors (Lipinski definition) is 0. The van der Waals surface area contributed by atoms with Gasteiger partial charge >= 0.3 is 29.6 Å². The molecule has 2 fully saturated rings. The quantitative estimate of drug-likeness (QED) is 0.0964. The first-order chi connectivity index (χ1) is 31.8. The fraction of sp³-hybridized carbons (Fsp3) is 0.295. The number of halogens is 2. The van der Waals surface area contributed by atoms with Gasteiger partial charge in [-0.05, 0) is 85.5 Å². The Morgan fingerprint density at radius 3 is 1.74 bits per heavy atom. The largest absolute Gasteiger partial charge is 1.00 e. The maximum atomic E-state index is 11.0. The number of para-hydroxylation sites is 1. The van der Waals surface area contributed by atoms with Gasteiger partial charge in [-0.15, -0.1) is 16.9 Å². The molecule has 3 aromatic heterocycles. The van der Waals surface area contributed by atoms with Gasteiger partial charge in [-0.25, -0.2) is 13.4 Å². The Labute approximate surface area is 431 Å². The maximum Gasteiger partial charge on any atom is 1.00 e. The zero-order valence-electron chi connectivity index (χ0n) is 39.2. The maximum absolute atomic E-state index is 11.0. The third-order valence-electron chi connectivity index (χ3n) is 8.57. The molecule has 4 amide bonds. The van der Waals surface area contributed by atoms with E-state index in [-0.39, 0.29) is 59.3 Å². The number of thioether (sulfide) groups is 1. The van der Waals surface area contributed by atoms with Gasteiger partial charge in [0.15, 0.2) is 0 Å². The number of hydrogen-bond acceptors (Lipinski definition) is 16. The number of methoxy groups -OCH3 is 2. The van der Waals surface area contributed by atoms with E-state index in [2.05, 4.69) is 31.9 Å². The van der Waals surface area contributed by atoms with E-state index >= 15 is 0 Å². The topological polar surface area (TPSA) is 227 Å². The van der Waals surface area contributed by atoms with Crippen LogP contribution >= 0.6 is 35.0 Å². The Hall–Kier alpha value is -5.07. The fourth-order valence-corrected chi connectivity index (χ4v) is 6.61. The molecule has 2 aliphatic rings. The normalized spacial score (nSPS) is 13.5.